The highest BCUT2D eigenvalue weighted by molar-refractivity contribution is 5.93. The van der Waals surface area contributed by atoms with Gasteiger partial charge in [0.05, 0.1) is 12.7 Å². The minimum atomic E-state index is 0.00165. The number of oxazole rings is 1. The number of benzene rings is 2. The van der Waals surface area contributed by atoms with Gasteiger partial charge in [-0.15, -0.1) is 0 Å². The smallest absolute Gasteiger partial charge is 0.299 e. The van der Waals surface area contributed by atoms with Crippen LogP contribution in [0.4, 0.5) is 23.1 Å². The fourth-order valence-corrected chi connectivity index (χ4v) is 3.45. The van der Waals surface area contributed by atoms with Crippen LogP contribution < -0.4 is 16.4 Å². The number of nitrogens with one attached hydrogen (secondary N) is 2. The molecule has 3 aromatic rings. The molecule has 0 saturated carbocycles. The number of aromatic nitrogens is 1. The van der Waals surface area contributed by atoms with Crippen LogP contribution in [0.25, 0.3) is 11.3 Å². The van der Waals surface area contributed by atoms with Crippen molar-refractivity contribution < 1.29 is 9.21 Å². The standard InChI is InChI=1S/C22H25N5O2/c1-15-7-8-18(25-21(28)14-27-9-2-3-10-27)12-19(15)26-22-24-13-20(29-22)16-5-4-6-17(23)11-16/h4-8,11-13H,2-3,9-10,14,23H2,1H3,(H,24,26)(H,25,28). The molecule has 2 aromatic carbocycles. The Hall–Kier alpha value is -3.32. The van der Waals surface area contributed by atoms with Crippen LogP contribution in [0.15, 0.2) is 53.1 Å². The lowest BCUT2D eigenvalue weighted by molar-refractivity contribution is -0.117. The molecule has 1 amide bonds. The normalized spacial score (nSPS) is 14.1. The van der Waals surface area contributed by atoms with E-state index in [1.165, 1.54) is 12.8 Å². The molecule has 0 spiro atoms. The summed E-state index contributed by atoms with van der Waals surface area (Å²) in [7, 11) is 0. The maximum Gasteiger partial charge on any atom is 0.299 e. The van der Waals surface area contributed by atoms with Crippen molar-refractivity contribution in [3.8, 4) is 11.3 Å². The largest absolute Gasteiger partial charge is 0.423 e. The van der Waals surface area contributed by atoms with Gasteiger partial charge in [0.2, 0.25) is 5.91 Å². The van der Waals surface area contributed by atoms with E-state index in [-0.39, 0.29) is 5.91 Å². The summed E-state index contributed by atoms with van der Waals surface area (Å²) in [5.74, 6) is 0.634. The molecule has 29 heavy (non-hydrogen) atoms. The Morgan fingerprint density at radius 1 is 1.21 bits per heavy atom. The Bertz CT molecular complexity index is 1010. The highest BCUT2D eigenvalue weighted by Crippen LogP contribution is 2.28. The van der Waals surface area contributed by atoms with Crippen molar-refractivity contribution in [2.75, 3.05) is 36.0 Å². The Kier molecular flexibility index (Phi) is 5.48. The predicted octanol–water partition coefficient (Wildman–Crippen LogP) is 4.01. The zero-order valence-corrected chi connectivity index (χ0v) is 16.4. The van der Waals surface area contributed by atoms with E-state index in [0.717, 1.165) is 35.6 Å². The van der Waals surface area contributed by atoms with Crippen molar-refractivity contribution in [3.63, 3.8) is 0 Å². The minimum Gasteiger partial charge on any atom is -0.423 e. The second-order valence-corrected chi connectivity index (χ2v) is 7.34. The van der Waals surface area contributed by atoms with Gasteiger partial charge in [-0.2, -0.15) is 0 Å². The second kappa shape index (κ2) is 8.36. The van der Waals surface area contributed by atoms with E-state index in [0.29, 0.717) is 24.0 Å². The molecule has 4 N–H and O–H groups in total. The molecular formula is C22H25N5O2. The van der Waals surface area contributed by atoms with Crippen molar-refractivity contribution in [2.24, 2.45) is 0 Å². The van der Waals surface area contributed by atoms with Gasteiger partial charge in [-0.3, -0.25) is 9.69 Å². The third kappa shape index (κ3) is 4.75. The number of rotatable bonds is 6. The van der Waals surface area contributed by atoms with Crippen molar-refractivity contribution in [1.82, 2.24) is 9.88 Å². The fraction of sp³-hybridized carbons (Fsp3) is 0.273. The average Bonchev–Trinajstić information content (AvgIpc) is 3.36. The molecule has 0 unspecified atom stereocenters. The maximum atomic E-state index is 12.3. The van der Waals surface area contributed by atoms with E-state index in [9.17, 15) is 4.79 Å². The highest BCUT2D eigenvalue weighted by Gasteiger charge is 2.15. The fourth-order valence-electron chi connectivity index (χ4n) is 3.45. The summed E-state index contributed by atoms with van der Waals surface area (Å²) in [6.45, 7) is 4.40. The molecule has 1 aliphatic heterocycles. The van der Waals surface area contributed by atoms with Gasteiger partial charge in [-0.25, -0.2) is 4.98 Å². The number of hydrogen-bond donors (Lipinski definition) is 3. The SMILES string of the molecule is Cc1ccc(NC(=O)CN2CCCC2)cc1Nc1ncc(-c2cccc(N)c2)o1. The van der Waals surface area contributed by atoms with Gasteiger partial charge in [0.15, 0.2) is 5.76 Å². The zero-order valence-electron chi connectivity index (χ0n) is 16.4. The van der Waals surface area contributed by atoms with Gasteiger partial charge >= 0.3 is 0 Å². The second-order valence-electron chi connectivity index (χ2n) is 7.34. The first-order chi connectivity index (χ1) is 14.1. The summed E-state index contributed by atoms with van der Waals surface area (Å²) in [5, 5.41) is 6.17. The molecule has 1 saturated heterocycles. The Morgan fingerprint density at radius 2 is 2.03 bits per heavy atom. The monoisotopic (exact) mass is 391 g/mol. The predicted molar refractivity (Wildman–Crippen MR) is 115 cm³/mol. The lowest BCUT2D eigenvalue weighted by atomic mass is 10.2. The lowest BCUT2D eigenvalue weighted by Crippen LogP contribution is -2.30. The zero-order chi connectivity index (χ0) is 20.2. The summed E-state index contributed by atoms with van der Waals surface area (Å²) < 4.78 is 5.82. The molecule has 0 aliphatic carbocycles. The Morgan fingerprint density at radius 3 is 2.83 bits per heavy atom. The number of carbonyl (C=O) groups is 1. The molecule has 2 heterocycles. The Labute approximate surface area is 169 Å². The van der Waals surface area contributed by atoms with Crippen LogP contribution in [-0.4, -0.2) is 35.4 Å². The number of amides is 1. The van der Waals surface area contributed by atoms with E-state index >= 15 is 0 Å². The van der Waals surface area contributed by atoms with Crippen molar-refractivity contribution >= 4 is 29.0 Å². The first-order valence-electron chi connectivity index (χ1n) is 9.78. The van der Waals surface area contributed by atoms with Gasteiger partial charge in [0.25, 0.3) is 6.01 Å². The highest BCUT2D eigenvalue weighted by atomic mass is 16.4. The number of likely N-dealkylation sites (tertiary alicyclic amines) is 1. The Balaban J connectivity index is 1.45. The summed E-state index contributed by atoms with van der Waals surface area (Å²) >= 11 is 0. The van der Waals surface area contributed by atoms with Gasteiger partial charge in [0.1, 0.15) is 0 Å². The molecular weight excluding hydrogens is 366 g/mol. The number of aryl methyl sites for hydroxylation is 1. The lowest BCUT2D eigenvalue weighted by Gasteiger charge is -2.15. The summed E-state index contributed by atoms with van der Waals surface area (Å²) in [6, 6.07) is 13.6. The average molecular weight is 391 g/mol. The molecule has 0 radical (unpaired) electrons. The number of nitrogens with zero attached hydrogens (tertiary/aromatic N) is 2. The molecule has 0 atom stereocenters. The van der Waals surface area contributed by atoms with Gasteiger partial charge in [-0.05, 0) is 62.7 Å². The summed E-state index contributed by atoms with van der Waals surface area (Å²) in [5.41, 5.74) is 9.96. The minimum absolute atomic E-state index is 0.00165. The number of nitrogens with two attached hydrogens (primary N) is 1. The van der Waals surface area contributed by atoms with Crippen LogP contribution in [0.2, 0.25) is 0 Å². The van der Waals surface area contributed by atoms with Crippen LogP contribution in [0.3, 0.4) is 0 Å². The van der Waals surface area contributed by atoms with Gasteiger partial charge in [-0.1, -0.05) is 18.2 Å². The summed E-state index contributed by atoms with van der Waals surface area (Å²) in [4.78, 5) is 18.8. The van der Waals surface area contributed by atoms with Crippen LogP contribution in [0.5, 0.6) is 0 Å². The van der Waals surface area contributed by atoms with Gasteiger partial charge in [0, 0.05) is 22.6 Å². The number of carbonyl (C=O) groups excluding carboxylic acids is 1. The molecule has 1 aromatic heterocycles. The van der Waals surface area contributed by atoms with Crippen molar-refractivity contribution in [3.05, 3.63) is 54.2 Å². The molecule has 1 fully saturated rings. The molecule has 7 heteroatoms. The van der Waals surface area contributed by atoms with Crippen LogP contribution in [-0.2, 0) is 4.79 Å². The number of hydrogen-bond acceptors (Lipinski definition) is 6. The van der Waals surface area contributed by atoms with E-state index in [1.54, 1.807) is 6.20 Å². The van der Waals surface area contributed by atoms with Crippen LogP contribution in [0, 0.1) is 6.92 Å². The van der Waals surface area contributed by atoms with E-state index in [4.69, 9.17) is 10.2 Å². The van der Waals surface area contributed by atoms with Crippen molar-refractivity contribution in [1.29, 1.82) is 0 Å². The van der Waals surface area contributed by atoms with Crippen molar-refractivity contribution in [2.45, 2.75) is 19.8 Å². The topological polar surface area (TPSA) is 96.4 Å². The van der Waals surface area contributed by atoms with Gasteiger partial charge < -0.3 is 20.8 Å². The summed E-state index contributed by atoms with van der Waals surface area (Å²) in [6.07, 6.45) is 3.99. The number of nitrogen functional groups attached to an aromatic ring is 1. The number of anilines is 4. The molecule has 7 nitrogen and oxygen atoms in total. The third-order valence-corrected chi connectivity index (χ3v) is 5.01. The molecule has 150 valence electrons. The van der Waals surface area contributed by atoms with E-state index < -0.39 is 0 Å². The van der Waals surface area contributed by atoms with E-state index in [1.807, 2.05) is 49.4 Å². The van der Waals surface area contributed by atoms with Crippen LogP contribution in [0.1, 0.15) is 18.4 Å². The quantitative estimate of drug-likeness (QED) is 0.550. The third-order valence-electron chi connectivity index (χ3n) is 5.01. The first-order valence-corrected chi connectivity index (χ1v) is 9.78. The van der Waals surface area contributed by atoms with E-state index in [2.05, 4.69) is 20.5 Å². The molecule has 1 aliphatic rings. The van der Waals surface area contributed by atoms with Crippen LogP contribution >= 0.6 is 0 Å². The maximum absolute atomic E-state index is 12.3. The molecule has 0 bridgehead atoms. The molecule has 4 rings (SSSR count). The first kappa shape index (κ1) is 19.0.